The van der Waals surface area contributed by atoms with Gasteiger partial charge in [0.1, 0.15) is 0 Å². The Labute approximate surface area is 174 Å². The number of rotatable bonds is 24. The predicted molar refractivity (Wildman–Crippen MR) is 126 cm³/mol. The van der Waals surface area contributed by atoms with Crippen LogP contribution in [0.3, 0.4) is 0 Å². The van der Waals surface area contributed by atoms with E-state index < -0.39 is 0 Å². The normalized spacial score (nSPS) is 11.3. The molecule has 0 heterocycles. The summed E-state index contributed by atoms with van der Waals surface area (Å²) in [7, 11) is 0. The summed E-state index contributed by atoms with van der Waals surface area (Å²) in [6.45, 7) is 6.21. The van der Waals surface area contributed by atoms with Crippen molar-refractivity contribution in [2.24, 2.45) is 0 Å². The van der Waals surface area contributed by atoms with Gasteiger partial charge in [-0.3, -0.25) is 0 Å². The quantitative estimate of drug-likeness (QED) is 0.146. The SMILES string of the molecule is [CH2]CCCCCCCCCCCCCCCCCCCCCCCCCC. The Morgan fingerprint density at radius 3 is 0.667 bits per heavy atom. The first-order valence-electron chi connectivity index (χ1n) is 13.2. The van der Waals surface area contributed by atoms with Crippen molar-refractivity contribution in [2.75, 3.05) is 0 Å². The molecule has 0 heteroatoms. The second kappa shape index (κ2) is 26.0. The summed E-state index contributed by atoms with van der Waals surface area (Å²) >= 11 is 0. The Balaban J connectivity index is 2.95. The number of hydrogen-bond acceptors (Lipinski definition) is 0. The molecule has 0 aliphatic rings. The summed E-state index contributed by atoms with van der Waals surface area (Å²) in [6.07, 6.45) is 36.3. The van der Waals surface area contributed by atoms with Crippen molar-refractivity contribution in [3.63, 3.8) is 0 Å². The van der Waals surface area contributed by atoms with Crippen molar-refractivity contribution in [3.8, 4) is 0 Å². The lowest BCUT2D eigenvalue weighted by molar-refractivity contribution is 0.517. The summed E-state index contributed by atoms with van der Waals surface area (Å²) in [6, 6.07) is 0. The molecule has 0 aliphatic carbocycles. The molecule has 0 aromatic heterocycles. The summed E-state index contributed by atoms with van der Waals surface area (Å²) < 4.78 is 0. The molecule has 27 heavy (non-hydrogen) atoms. The van der Waals surface area contributed by atoms with Crippen LogP contribution in [0.15, 0.2) is 0 Å². The van der Waals surface area contributed by atoms with Crippen LogP contribution in [-0.4, -0.2) is 0 Å². The Morgan fingerprint density at radius 1 is 0.296 bits per heavy atom. The molecule has 0 amide bonds. The van der Waals surface area contributed by atoms with Gasteiger partial charge in [0, 0.05) is 0 Å². The minimum atomic E-state index is 1.12. The highest BCUT2D eigenvalue weighted by molar-refractivity contribution is 4.51. The molecule has 0 N–H and O–H groups in total. The molecular formula is C27H55. The molecule has 163 valence electrons. The van der Waals surface area contributed by atoms with Gasteiger partial charge in [0.15, 0.2) is 0 Å². The van der Waals surface area contributed by atoms with Crippen LogP contribution in [0.1, 0.15) is 167 Å². The van der Waals surface area contributed by atoms with E-state index >= 15 is 0 Å². The first-order valence-corrected chi connectivity index (χ1v) is 13.2. The van der Waals surface area contributed by atoms with Crippen LogP contribution in [0.2, 0.25) is 0 Å². The van der Waals surface area contributed by atoms with E-state index in [0.717, 1.165) is 6.42 Å². The third-order valence-electron chi connectivity index (χ3n) is 6.10. The lowest BCUT2D eigenvalue weighted by Crippen LogP contribution is -1.84. The van der Waals surface area contributed by atoms with Crippen LogP contribution >= 0.6 is 0 Å². The zero-order valence-corrected chi connectivity index (χ0v) is 19.4. The third-order valence-corrected chi connectivity index (χ3v) is 6.10. The van der Waals surface area contributed by atoms with Crippen LogP contribution in [0.25, 0.3) is 0 Å². The Kier molecular flexibility index (Phi) is 26.0. The van der Waals surface area contributed by atoms with Crippen LogP contribution in [0, 0.1) is 6.92 Å². The predicted octanol–water partition coefficient (Wildman–Crippen LogP) is 10.6. The maximum Gasteiger partial charge on any atom is -0.0533 e. The molecule has 0 saturated heterocycles. The fourth-order valence-electron chi connectivity index (χ4n) is 4.14. The van der Waals surface area contributed by atoms with Crippen LogP contribution < -0.4 is 0 Å². The Bertz CT molecular complexity index is 208. The Hall–Kier alpha value is 0. The lowest BCUT2D eigenvalue weighted by atomic mass is 10.0. The van der Waals surface area contributed by atoms with Crippen molar-refractivity contribution in [3.05, 3.63) is 6.92 Å². The molecule has 0 aromatic rings. The summed E-state index contributed by atoms with van der Waals surface area (Å²) in [5, 5.41) is 0. The van der Waals surface area contributed by atoms with Gasteiger partial charge in [0.05, 0.1) is 0 Å². The molecule has 0 nitrogen and oxygen atoms in total. The lowest BCUT2D eigenvalue weighted by Gasteiger charge is -2.04. The van der Waals surface area contributed by atoms with Gasteiger partial charge in [-0.25, -0.2) is 0 Å². The van der Waals surface area contributed by atoms with Gasteiger partial charge in [0.2, 0.25) is 0 Å². The molecular weight excluding hydrogens is 324 g/mol. The van der Waals surface area contributed by atoms with E-state index in [1.54, 1.807) is 0 Å². The Morgan fingerprint density at radius 2 is 0.481 bits per heavy atom. The highest BCUT2D eigenvalue weighted by Gasteiger charge is 1.95. The van der Waals surface area contributed by atoms with Crippen LogP contribution in [-0.2, 0) is 0 Å². The second-order valence-corrected chi connectivity index (χ2v) is 8.99. The molecule has 0 aliphatic heterocycles. The summed E-state index contributed by atoms with van der Waals surface area (Å²) in [5.41, 5.74) is 0. The van der Waals surface area contributed by atoms with Gasteiger partial charge >= 0.3 is 0 Å². The molecule has 0 saturated carbocycles. The smallest absolute Gasteiger partial charge is 0.0533 e. The van der Waals surface area contributed by atoms with Crippen LogP contribution in [0.5, 0.6) is 0 Å². The minimum absolute atomic E-state index is 1.12. The summed E-state index contributed by atoms with van der Waals surface area (Å²) in [5.74, 6) is 0. The van der Waals surface area contributed by atoms with E-state index in [9.17, 15) is 0 Å². The molecule has 1 radical (unpaired) electrons. The van der Waals surface area contributed by atoms with E-state index in [2.05, 4.69) is 13.8 Å². The van der Waals surface area contributed by atoms with Crippen LogP contribution in [0.4, 0.5) is 0 Å². The average Bonchev–Trinajstić information content (AvgIpc) is 2.68. The number of hydrogen-bond donors (Lipinski definition) is 0. The largest absolute Gasteiger partial charge is 0.0654 e. The fraction of sp³-hybridized carbons (Fsp3) is 0.963. The zero-order chi connectivity index (χ0) is 19.7. The molecule has 0 bridgehead atoms. The van der Waals surface area contributed by atoms with Gasteiger partial charge < -0.3 is 0 Å². The fourth-order valence-corrected chi connectivity index (χ4v) is 4.14. The van der Waals surface area contributed by atoms with E-state index in [-0.39, 0.29) is 0 Å². The van der Waals surface area contributed by atoms with Gasteiger partial charge in [0.25, 0.3) is 0 Å². The summed E-state index contributed by atoms with van der Waals surface area (Å²) in [4.78, 5) is 0. The van der Waals surface area contributed by atoms with Crippen molar-refractivity contribution >= 4 is 0 Å². The van der Waals surface area contributed by atoms with Gasteiger partial charge in [-0.2, -0.15) is 0 Å². The highest BCUT2D eigenvalue weighted by atomic mass is 14.0. The average molecular weight is 380 g/mol. The third kappa shape index (κ3) is 26.0. The van der Waals surface area contributed by atoms with Gasteiger partial charge in [-0.15, -0.1) is 0 Å². The molecule has 0 rings (SSSR count). The van der Waals surface area contributed by atoms with E-state index in [1.165, 1.54) is 154 Å². The second-order valence-electron chi connectivity index (χ2n) is 8.99. The number of unbranched alkanes of at least 4 members (excludes halogenated alkanes) is 24. The maximum absolute atomic E-state index is 3.91. The van der Waals surface area contributed by atoms with Crippen molar-refractivity contribution in [2.45, 2.75) is 167 Å². The monoisotopic (exact) mass is 379 g/mol. The molecule has 0 atom stereocenters. The van der Waals surface area contributed by atoms with Crippen molar-refractivity contribution < 1.29 is 0 Å². The molecule has 0 spiro atoms. The standard InChI is InChI=1S/C27H55/c1-3-5-7-9-11-13-15-17-19-21-23-25-27-26-24-22-20-18-16-14-12-10-8-6-4-2/h1,3-27H2,2H3. The van der Waals surface area contributed by atoms with Crippen molar-refractivity contribution in [1.82, 2.24) is 0 Å². The topological polar surface area (TPSA) is 0 Å². The zero-order valence-electron chi connectivity index (χ0n) is 19.4. The van der Waals surface area contributed by atoms with Gasteiger partial charge in [-0.1, -0.05) is 174 Å². The van der Waals surface area contributed by atoms with E-state index in [1.807, 2.05) is 0 Å². The van der Waals surface area contributed by atoms with Crippen molar-refractivity contribution in [1.29, 1.82) is 0 Å². The van der Waals surface area contributed by atoms with E-state index in [0.29, 0.717) is 0 Å². The van der Waals surface area contributed by atoms with E-state index in [4.69, 9.17) is 0 Å². The minimum Gasteiger partial charge on any atom is -0.0654 e. The molecule has 0 fully saturated rings. The van der Waals surface area contributed by atoms with Gasteiger partial charge in [-0.05, 0) is 0 Å². The molecule has 0 unspecified atom stereocenters. The maximum atomic E-state index is 3.91. The first kappa shape index (κ1) is 27.0. The molecule has 0 aromatic carbocycles. The highest BCUT2D eigenvalue weighted by Crippen LogP contribution is 2.15. The first-order chi connectivity index (χ1) is 13.4.